The number of para-hydroxylation sites is 1. The monoisotopic (exact) mass is 456 g/mol. The van der Waals surface area contributed by atoms with Gasteiger partial charge in [0, 0.05) is 6.21 Å². The van der Waals surface area contributed by atoms with Crippen LogP contribution in [0.15, 0.2) is 23.3 Å². The van der Waals surface area contributed by atoms with E-state index < -0.39 is 0 Å². The van der Waals surface area contributed by atoms with Gasteiger partial charge in [0.15, 0.2) is 17.3 Å². The van der Waals surface area contributed by atoms with Gasteiger partial charge in [0.25, 0.3) is 0 Å². The number of thiol groups is 1. The predicted molar refractivity (Wildman–Crippen MR) is 70.8 cm³/mol. The van der Waals surface area contributed by atoms with Crippen LogP contribution >= 0.6 is 9.42 Å². The predicted octanol–water partition coefficient (Wildman–Crippen LogP) is 0.853. The van der Waals surface area contributed by atoms with Crippen LogP contribution in [0.5, 0.6) is 11.5 Å². The van der Waals surface area contributed by atoms with Gasteiger partial charge in [-0.3, -0.25) is 5.73 Å². The molecule has 1 rings (SSSR count). The van der Waals surface area contributed by atoms with Gasteiger partial charge < -0.3 is 20.4 Å². The van der Waals surface area contributed by atoms with E-state index in [1.165, 1.54) is 13.3 Å². The molecule has 0 radical (unpaired) electrons. The maximum atomic E-state index is 7.72. The Hall–Kier alpha value is -0.682. The minimum absolute atomic E-state index is 0.0701. The van der Waals surface area contributed by atoms with Crippen molar-refractivity contribution in [1.29, 1.82) is 0 Å². The van der Waals surface area contributed by atoms with E-state index in [4.69, 9.17) is 15.6 Å². The molecule has 8 heteroatoms. The van der Waals surface area contributed by atoms with E-state index in [0.29, 0.717) is 11.3 Å². The molecule has 0 spiro atoms. The summed E-state index contributed by atoms with van der Waals surface area (Å²) in [7, 11) is 6.12. The van der Waals surface area contributed by atoms with E-state index >= 15 is 0 Å². The van der Waals surface area contributed by atoms with E-state index in [1.54, 1.807) is 37.0 Å². The van der Waals surface area contributed by atoms with Crippen molar-refractivity contribution in [2.75, 3.05) is 7.11 Å². The first-order valence-electron chi connectivity index (χ1n) is 4.21. The molecule has 0 atom stereocenters. The third kappa shape index (κ3) is 5.98. The van der Waals surface area contributed by atoms with Crippen molar-refractivity contribution in [2.24, 2.45) is 10.8 Å². The van der Waals surface area contributed by atoms with Crippen LogP contribution in [0.4, 0.5) is 0 Å². The van der Waals surface area contributed by atoms with Crippen molar-refractivity contribution in [3.05, 3.63) is 29.2 Å². The molecule has 0 bridgehead atoms. The number of ether oxygens (including phenoxy) is 1. The van der Waals surface area contributed by atoms with Crippen LogP contribution in [0.25, 0.3) is 5.43 Å². The molecule has 0 heterocycles. The van der Waals surface area contributed by atoms with Crippen molar-refractivity contribution in [3.63, 3.8) is 0 Å². The summed E-state index contributed by atoms with van der Waals surface area (Å²) >= 11 is 5.36. The molecule has 1 aromatic rings. The average molecular weight is 457 g/mol. The Kier molecular flexibility index (Phi) is 8.98. The molecule has 17 heavy (non-hydrogen) atoms. The first kappa shape index (κ1) is 16.3. The van der Waals surface area contributed by atoms with Crippen LogP contribution in [0.2, 0.25) is 0 Å². The van der Waals surface area contributed by atoms with Crippen molar-refractivity contribution >= 4 is 33.0 Å². The molecule has 0 aliphatic heterocycles. The SMILES string of the molecule is COc1cccc(C=N[N-]C(N)=[SH+])c1[OH2+].[Cl][Pt+]. The molecule has 0 amide bonds. The normalized spacial score (nSPS) is 9.47. The molecule has 0 fully saturated rings. The molecule has 1 aromatic carbocycles. The number of halogens is 1. The molecule has 96 valence electrons. The Morgan fingerprint density at radius 3 is 2.82 bits per heavy atom. The van der Waals surface area contributed by atoms with Crippen molar-refractivity contribution < 1.29 is 28.6 Å². The molecule has 4 N–H and O–H groups in total. The van der Waals surface area contributed by atoms with E-state index in [-0.39, 0.29) is 10.9 Å². The van der Waals surface area contributed by atoms with Gasteiger partial charge in [-0.15, -0.1) is 0 Å². The fourth-order valence-electron chi connectivity index (χ4n) is 0.976. The Bertz CT molecular complexity index is 404. The Morgan fingerprint density at radius 2 is 2.29 bits per heavy atom. The zero-order valence-electron chi connectivity index (χ0n) is 8.83. The van der Waals surface area contributed by atoms with E-state index in [9.17, 15) is 0 Å². The third-order valence-electron chi connectivity index (χ3n) is 1.64. The third-order valence-corrected chi connectivity index (χ3v) is 1.72. The van der Waals surface area contributed by atoms with E-state index in [2.05, 4.69) is 32.2 Å². The summed E-state index contributed by atoms with van der Waals surface area (Å²) in [5, 5.41) is 11.5. The number of benzene rings is 1. The first-order valence-corrected chi connectivity index (χ1v) is 7.47. The van der Waals surface area contributed by atoms with Gasteiger partial charge in [-0.2, -0.15) is 0 Å². The van der Waals surface area contributed by atoms with Gasteiger partial charge in [0.05, 0.1) is 12.7 Å². The zero-order valence-corrected chi connectivity index (χ0v) is 12.8. The molecule has 0 aromatic heterocycles. The molecule has 0 unspecified atom stereocenters. The summed E-state index contributed by atoms with van der Waals surface area (Å²) in [4.78, 5) is 0. The first-order chi connectivity index (χ1) is 8.15. The minimum atomic E-state index is 0.0701. The van der Waals surface area contributed by atoms with Gasteiger partial charge in [-0.25, -0.2) is 0 Å². The summed E-state index contributed by atoms with van der Waals surface area (Å²) in [5.41, 5.74) is 9.30. The van der Waals surface area contributed by atoms with Crippen molar-refractivity contribution in [3.8, 4) is 11.5 Å². The molecular formula is C9H12ClN3O2PtS+2. The van der Waals surface area contributed by atoms with Crippen LogP contribution in [0.3, 0.4) is 0 Å². The zero-order chi connectivity index (χ0) is 13.3. The maximum absolute atomic E-state index is 7.72. The Balaban J connectivity index is 0.00000121. The number of nitrogens with zero attached hydrogens (tertiary/aromatic N) is 2. The quantitative estimate of drug-likeness (QED) is 0.240. The summed E-state index contributed by atoms with van der Waals surface area (Å²) in [6.45, 7) is 0. The van der Waals surface area contributed by atoms with Gasteiger partial charge in [0.2, 0.25) is 5.75 Å². The summed E-state index contributed by atoms with van der Waals surface area (Å²) in [6.07, 6.45) is 1.42. The van der Waals surface area contributed by atoms with Gasteiger partial charge >= 0.3 is 33.9 Å². The van der Waals surface area contributed by atoms with E-state index in [1.807, 2.05) is 0 Å². The number of nitrogens with two attached hydrogens (primary N) is 1. The average Bonchev–Trinajstić information content (AvgIpc) is 2.33. The van der Waals surface area contributed by atoms with Gasteiger partial charge in [-0.1, -0.05) is 6.07 Å². The molecular weight excluding hydrogens is 445 g/mol. The topological polar surface area (TPSA) is 84.6 Å². The molecule has 0 aliphatic rings. The second-order valence-corrected chi connectivity index (χ2v) is 3.09. The molecule has 5 nitrogen and oxygen atoms in total. The number of hydrogen-bond donors (Lipinski definition) is 1. The summed E-state index contributed by atoms with van der Waals surface area (Å²) < 4.78 is 4.99. The molecule has 0 saturated carbocycles. The van der Waals surface area contributed by atoms with Gasteiger partial charge in [-0.05, 0) is 12.1 Å². The molecule has 0 aliphatic carbocycles. The molecule has 0 saturated heterocycles. The van der Waals surface area contributed by atoms with Crippen LogP contribution in [-0.2, 0) is 31.0 Å². The summed E-state index contributed by atoms with van der Waals surface area (Å²) in [6, 6.07) is 5.21. The Labute approximate surface area is 120 Å². The number of rotatable bonds is 3. The van der Waals surface area contributed by atoms with Crippen LogP contribution < -0.4 is 10.5 Å². The van der Waals surface area contributed by atoms with Crippen molar-refractivity contribution in [2.45, 2.75) is 0 Å². The van der Waals surface area contributed by atoms with Gasteiger partial charge in [0.1, 0.15) is 0 Å². The summed E-state index contributed by atoms with van der Waals surface area (Å²) in [5.74, 6) is 0.749. The van der Waals surface area contributed by atoms with Crippen LogP contribution in [0.1, 0.15) is 5.56 Å². The number of hydrogen-bond acceptors (Lipinski definition) is 2. The second-order valence-electron chi connectivity index (χ2n) is 2.63. The van der Waals surface area contributed by atoms with Crippen LogP contribution in [-0.4, -0.2) is 23.5 Å². The fraction of sp³-hybridized carbons (Fsp3) is 0.111. The number of methoxy groups -OCH3 is 1. The van der Waals surface area contributed by atoms with Crippen molar-refractivity contribution in [1.82, 2.24) is 0 Å². The van der Waals surface area contributed by atoms with E-state index in [0.717, 1.165) is 0 Å². The fourth-order valence-corrected chi connectivity index (χ4v) is 1.03. The second kappa shape index (κ2) is 9.36. The Morgan fingerprint density at radius 1 is 1.65 bits per heavy atom. The standard InChI is InChI=1S/C9H11N3O2S.ClH.Pt/c1-14-7-4-2-3-6(8(7)13)5-11-12-9(10)15;;/h2-5H,1H3,(H4,10,11,12,13,15);1H;/q;;+2. The van der Waals surface area contributed by atoms with Crippen LogP contribution in [0, 0.1) is 0 Å².